The van der Waals surface area contributed by atoms with Gasteiger partial charge in [-0.3, -0.25) is 0 Å². The lowest BCUT2D eigenvalue weighted by molar-refractivity contribution is 0.106. The lowest BCUT2D eigenvalue weighted by Gasteiger charge is -2.08. The average molecular weight is 279 g/mol. The molecule has 1 atom stereocenters. The Kier molecular flexibility index (Phi) is 3.47. The fourth-order valence-electron chi connectivity index (χ4n) is 1.37. The van der Waals surface area contributed by atoms with Crippen LogP contribution in [0.15, 0.2) is 16.7 Å². The van der Waals surface area contributed by atoms with E-state index in [0.29, 0.717) is 12.1 Å². The summed E-state index contributed by atoms with van der Waals surface area (Å²) in [5.41, 5.74) is 5.32. The van der Waals surface area contributed by atoms with Crippen molar-refractivity contribution in [2.24, 2.45) is 5.73 Å². The molecule has 0 bridgehead atoms. The molecule has 0 aliphatic rings. The van der Waals surface area contributed by atoms with Crippen LogP contribution >= 0.6 is 0 Å². The third-order valence-corrected chi connectivity index (χ3v) is 2.29. The van der Waals surface area contributed by atoms with Gasteiger partial charge < -0.3 is 10.3 Å². The Morgan fingerprint density at radius 3 is 2.16 bits per heavy atom. The van der Waals surface area contributed by atoms with Gasteiger partial charge in [0.1, 0.15) is 0 Å². The highest BCUT2D eigenvalue weighted by Crippen LogP contribution is 2.23. The van der Waals surface area contributed by atoms with E-state index in [0.717, 1.165) is 0 Å². The molecule has 0 saturated carbocycles. The minimum Gasteiger partial charge on any atom is -0.333 e. The van der Waals surface area contributed by atoms with E-state index in [-0.39, 0.29) is 11.4 Å². The van der Waals surface area contributed by atoms with Gasteiger partial charge in [-0.2, -0.15) is 13.8 Å². The van der Waals surface area contributed by atoms with E-state index in [1.54, 1.807) is 0 Å². The highest BCUT2D eigenvalue weighted by molar-refractivity contribution is 5.26. The van der Waals surface area contributed by atoms with Gasteiger partial charge in [0.05, 0.1) is 6.04 Å². The van der Waals surface area contributed by atoms with Crippen LogP contribution in [0, 0.1) is 17.5 Å². The number of benzene rings is 1. The molecule has 1 aromatic heterocycles. The fourth-order valence-corrected chi connectivity index (χ4v) is 1.37. The van der Waals surface area contributed by atoms with Crippen LogP contribution in [0.5, 0.6) is 0 Å². The number of alkyl halides is 2. The monoisotopic (exact) mass is 279 g/mol. The first-order valence-corrected chi connectivity index (χ1v) is 4.91. The zero-order valence-corrected chi connectivity index (χ0v) is 9.08. The summed E-state index contributed by atoms with van der Waals surface area (Å²) in [5.74, 6) is -5.92. The molecule has 0 fully saturated rings. The third kappa shape index (κ3) is 2.55. The summed E-state index contributed by atoms with van der Waals surface area (Å²) >= 11 is 0. The summed E-state index contributed by atoms with van der Waals surface area (Å²) in [5, 5.41) is 3.17. The standard InChI is InChI=1S/C10H6F5N3O/c11-4-1-3(2-5(12)6(4)13)7(16)9-17-10(8(14)15)19-18-9/h1-2,7-8H,16H2. The molecule has 0 amide bonds. The Bertz CT molecular complexity index is 578. The second kappa shape index (κ2) is 4.92. The van der Waals surface area contributed by atoms with Gasteiger partial charge in [0.25, 0.3) is 5.89 Å². The molecule has 0 spiro atoms. The van der Waals surface area contributed by atoms with Crippen molar-refractivity contribution in [3.05, 3.63) is 46.9 Å². The Hall–Kier alpha value is -2.03. The molecule has 19 heavy (non-hydrogen) atoms. The number of rotatable bonds is 3. The van der Waals surface area contributed by atoms with E-state index >= 15 is 0 Å². The number of nitrogens with zero attached hydrogens (tertiary/aromatic N) is 2. The number of hydrogen-bond acceptors (Lipinski definition) is 4. The van der Waals surface area contributed by atoms with E-state index in [1.165, 1.54) is 0 Å². The first-order valence-electron chi connectivity index (χ1n) is 4.91. The Balaban J connectivity index is 2.35. The van der Waals surface area contributed by atoms with Gasteiger partial charge in [0.2, 0.25) is 0 Å². The first-order chi connectivity index (χ1) is 8.90. The molecule has 0 aliphatic carbocycles. The van der Waals surface area contributed by atoms with Crippen molar-refractivity contribution in [3.8, 4) is 0 Å². The van der Waals surface area contributed by atoms with Crippen LogP contribution in [0.25, 0.3) is 0 Å². The van der Waals surface area contributed by atoms with Crippen LogP contribution in [0.1, 0.15) is 29.7 Å². The molecule has 1 heterocycles. The minimum atomic E-state index is -2.99. The van der Waals surface area contributed by atoms with Crippen molar-refractivity contribution in [1.29, 1.82) is 0 Å². The predicted molar refractivity (Wildman–Crippen MR) is 51.6 cm³/mol. The van der Waals surface area contributed by atoms with Crippen molar-refractivity contribution in [3.63, 3.8) is 0 Å². The van der Waals surface area contributed by atoms with Crippen LogP contribution in [0.2, 0.25) is 0 Å². The largest absolute Gasteiger partial charge is 0.333 e. The number of hydrogen-bond donors (Lipinski definition) is 1. The molecular formula is C10H6F5N3O. The number of nitrogens with two attached hydrogens (primary N) is 1. The SMILES string of the molecule is NC(c1cc(F)c(F)c(F)c1)c1noc(C(F)F)n1. The normalized spacial score (nSPS) is 13.0. The Morgan fingerprint density at radius 1 is 1.11 bits per heavy atom. The van der Waals surface area contributed by atoms with E-state index in [9.17, 15) is 22.0 Å². The summed E-state index contributed by atoms with van der Waals surface area (Å²) in [7, 11) is 0. The summed E-state index contributed by atoms with van der Waals surface area (Å²) in [4.78, 5) is 3.28. The maximum Gasteiger partial charge on any atom is 0.315 e. The first kappa shape index (κ1) is 13.4. The third-order valence-electron chi connectivity index (χ3n) is 2.29. The van der Waals surface area contributed by atoms with Gasteiger partial charge in [-0.1, -0.05) is 5.16 Å². The topological polar surface area (TPSA) is 64.9 Å². The van der Waals surface area contributed by atoms with Crippen LogP contribution in [0.4, 0.5) is 22.0 Å². The van der Waals surface area contributed by atoms with Crippen molar-refractivity contribution >= 4 is 0 Å². The highest BCUT2D eigenvalue weighted by Gasteiger charge is 2.23. The number of aromatic nitrogens is 2. The van der Waals surface area contributed by atoms with Crippen molar-refractivity contribution in [2.75, 3.05) is 0 Å². The zero-order chi connectivity index (χ0) is 14.2. The van der Waals surface area contributed by atoms with Gasteiger partial charge in [0.15, 0.2) is 23.3 Å². The second-order valence-corrected chi connectivity index (χ2v) is 3.57. The molecular weight excluding hydrogens is 273 g/mol. The molecule has 2 rings (SSSR count). The fraction of sp³-hybridized carbons (Fsp3) is 0.200. The van der Waals surface area contributed by atoms with Crippen molar-refractivity contribution < 1.29 is 26.5 Å². The lowest BCUT2D eigenvalue weighted by atomic mass is 10.1. The predicted octanol–water partition coefficient (Wildman–Crippen LogP) is 2.47. The average Bonchev–Trinajstić information content (AvgIpc) is 2.84. The van der Waals surface area contributed by atoms with Gasteiger partial charge in [-0.25, -0.2) is 13.2 Å². The molecule has 0 aliphatic heterocycles. The van der Waals surface area contributed by atoms with Gasteiger partial charge in [-0.15, -0.1) is 0 Å². The van der Waals surface area contributed by atoms with Crippen LogP contribution in [-0.2, 0) is 0 Å². The Labute approximate surface area is 103 Å². The van der Waals surface area contributed by atoms with Crippen LogP contribution < -0.4 is 5.73 Å². The quantitative estimate of drug-likeness (QED) is 0.692. The maximum absolute atomic E-state index is 13.0. The van der Waals surface area contributed by atoms with Gasteiger partial charge in [0, 0.05) is 0 Å². The van der Waals surface area contributed by atoms with Crippen molar-refractivity contribution in [1.82, 2.24) is 10.1 Å². The molecule has 9 heteroatoms. The summed E-state index contributed by atoms with van der Waals surface area (Å²) < 4.78 is 67.4. The molecule has 2 aromatic rings. The lowest BCUT2D eigenvalue weighted by Crippen LogP contribution is -2.15. The van der Waals surface area contributed by atoms with E-state index in [1.807, 2.05) is 0 Å². The molecule has 1 unspecified atom stereocenters. The number of halogens is 5. The Morgan fingerprint density at radius 2 is 1.68 bits per heavy atom. The highest BCUT2D eigenvalue weighted by atomic mass is 19.3. The smallest absolute Gasteiger partial charge is 0.315 e. The molecule has 1 aromatic carbocycles. The van der Waals surface area contributed by atoms with Crippen molar-refractivity contribution in [2.45, 2.75) is 12.5 Å². The molecule has 102 valence electrons. The summed E-state index contributed by atoms with van der Waals surface area (Å²) in [6.45, 7) is 0. The van der Waals surface area contributed by atoms with E-state index in [4.69, 9.17) is 5.73 Å². The van der Waals surface area contributed by atoms with Crippen LogP contribution in [0.3, 0.4) is 0 Å². The van der Waals surface area contributed by atoms with Crippen LogP contribution in [-0.4, -0.2) is 10.1 Å². The van der Waals surface area contributed by atoms with E-state index in [2.05, 4.69) is 14.7 Å². The second-order valence-electron chi connectivity index (χ2n) is 3.57. The maximum atomic E-state index is 13.0. The molecule has 0 saturated heterocycles. The van der Waals surface area contributed by atoms with E-state index < -0.39 is 35.8 Å². The summed E-state index contributed by atoms with van der Waals surface area (Å²) in [6, 6.07) is -0.0657. The molecule has 4 nitrogen and oxygen atoms in total. The van der Waals surface area contributed by atoms with Gasteiger partial charge in [-0.05, 0) is 17.7 Å². The van der Waals surface area contributed by atoms with Gasteiger partial charge >= 0.3 is 6.43 Å². The molecule has 2 N–H and O–H groups in total. The molecule has 0 radical (unpaired) electrons. The summed E-state index contributed by atoms with van der Waals surface area (Å²) in [6.07, 6.45) is -2.99. The zero-order valence-electron chi connectivity index (χ0n) is 9.08. The minimum absolute atomic E-state index is 0.210.